The van der Waals surface area contributed by atoms with Crippen LogP contribution in [0.5, 0.6) is 0 Å². The number of aliphatic imine (C=N–C) groups is 1. The first-order valence-corrected chi connectivity index (χ1v) is 6.36. The highest BCUT2D eigenvalue weighted by atomic mass is 16.5. The first kappa shape index (κ1) is 13.1. The molecule has 3 aliphatic rings. The first-order valence-electron chi connectivity index (χ1n) is 6.36. The molecule has 1 fully saturated rings. The summed E-state index contributed by atoms with van der Waals surface area (Å²) in [7, 11) is 0. The minimum atomic E-state index is -1.43. The van der Waals surface area contributed by atoms with Gasteiger partial charge < -0.3 is 20.7 Å². The van der Waals surface area contributed by atoms with Crippen LogP contribution in [-0.4, -0.2) is 57.9 Å². The summed E-state index contributed by atoms with van der Waals surface area (Å²) in [5, 5.41) is 34.6. The first-order chi connectivity index (χ1) is 9.62. The van der Waals surface area contributed by atoms with Crippen molar-refractivity contribution in [1.29, 1.82) is 5.26 Å². The van der Waals surface area contributed by atoms with Gasteiger partial charge in [0.15, 0.2) is 5.84 Å². The molecule has 3 aliphatic heterocycles. The van der Waals surface area contributed by atoms with E-state index in [0.717, 1.165) is 0 Å². The molecule has 0 aromatic heterocycles. The Kier molecular flexibility index (Phi) is 2.97. The lowest BCUT2D eigenvalue weighted by Gasteiger charge is -2.36. The van der Waals surface area contributed by atoms with Gasteiger partial charge in [-0.15, -0.1) is 0 Å². The molecule has 106 valence electrons. The number of nitrogens with zero attached hydrogens (tertiary/aromatic N) is 4. The van der Waals surface area contributed by atoms with E-state index >= 15 is 0 Å². The average Bonchev–Trinajstić information content (AvgIpc) is 3.01. The standard InChI is InChI=1S/C12H15N5O3/c13-5-12(10(19)3-7(4-18)20-12)9-2-1-8-11(14)15-6-16-17(8)9/h1,6-7,9-10,18-19H,2-4H2,(H2,14,15,16)/t7-,9?,10+,12-/m0/s1. The number of hydrogen-bond donors (Lipinski definition) is 3. The molecule has 0 aromatic rings. The van der Waals surface area contributed by atoms with E-state index in [-0.39, 0.29) is 13.0 Å². The second-order valence-corrected chi connectivity index (χ2v) is 5.01. The van der Waals surface area contributed by atoms with Crippen molar-refractivity contribution in [3.05, 3.63) is 11.8 Å². The minimum absolute atomic E-state index is 0.219. The number of aliphatic hydroxyl groups excluding tert-OH is 2. The van der Waals surface area contributed by atoms with Gasteiger partial charge in [0.05, 0.1) is 18.4 Å². The molecule has 0 radical (unpaired) electrons. The van der Waals surface area contributed by atoms with E-state index in [1.807, 2.05) is 6.08 Å². The van der Waals surface area contributed by atoms with Gasteiger partial charge in [0, 0.05) is 6.42 Å². The predicted octanol–water partition coefficient (Wildman–Crippen LogP) is -1.34. The SMILES string of the molecule is N#C[C@@]1(C2CC=C3C(N)=NC=NN32)O[C@H](CO)C[C@H]1O. The number of nitriles is 1. The number of ether oxygens (including phenoxy) is 1. The van der Waals surface area contributed by atoms with Gasteiger partial charge in [-0.2, -0.15) is 10.4 Å². The monoisotopic (exact) mass is 277 g/mol. The van der Waals surface area contributed by atoms with Gasteiger partial charge in [0.2, 0.25) is 5.60 Å². The molecule has 8 heteroatoms. The molecule has 3 heterocycles. The van der Waals surface area contributed by atoms with Crippen LogP contribution in [-0.2, 0) is 4.74 Å². The molecule has 1 saturated heterocycles. The fourth-order valence-corrected chi connectivity index (χ4v) is 2.93. The lowest BCUT2D eigenvalue weighted by Crippen LogP contribution is -2.54. The Morgan fingerprint density at radius 3 is 3.10 bits per heavy atom. The number of amidine groups is 1. The summed E-state index contributed by atoms with van der Waals surface area (Å²) in [5.41, 5.74) is 4.97. The zero-order valence-electron chi connectivity index (χ0n) is 10.7. The van der Waals surface area contributed by atoms with Crippen molar-refractivity contribution in [3.8, 4) is 6.07 Å². The van der Waals surface area contributed by atoms with E-state index in [0.29, 0.717) is 18.0 Å². The highest BCUT2D eigenvalue weighted by Crippen LogP contribution is 2.41. The molecule has 20 heavy (non-hydrogen) atoms. The Balaban J connectivity index is 1.92. The number of aliphatic hydroxyl groups is 2. The van der Waals surface area contributed by atoms with E-state index < -0.39 is 23.9 Å². The van der Waals surface area contributed by atoms with Crippen LogP contribution in [0.25, 0.3) is 0 Å². The van der Waals surface area contributed by atoms with Crippen LogP contribution in [0, 0.1) is 11.3 Å². The number of hydrogen-bond acceptors (Lipinski definition) is 8. The molecule has 0 amide bonds. The van der Waals surface area contributed by atoms with E-state index in [9.17, 15) is 15.5 Å². The summed E-state index contributed by atoms with van der Waals surface area (Å²) in [6, 6.07) is 1.58. The molecular formula is C12H15N5O3. The Morgan fingerprint density at radius 1 is 1.65 bits per heavy atom. The molecule has 0 saturated carbocycles. The number of hydrazone groups is 1. The van der Waals surface area contributed by atoms with Crippen molar-refractivity contribution in [2.75, 3.05) is 6.61 Å². The maximum atomic E-state index is 10.2. The van der Waals surface area contributed by atoms with Crippen LogP contribution in [0.4, 0.5) is 0 Å². The van der Waals surface area contributed by atoms with Crippen LogP contribution in [0.1, 0.15) is 12.8 Å². The van der Waals surface area contributed by atoms with Crippen molar-refractivity contribution in [2.24, 2.45) is 15.8 Å². The molecule has 3 rings (SSSR count). The molecule has 0 spiro atoms. The summed E-state index contributed by atoms with van der Waals surface area (Å²) in [5.74, 6) is 0.321. The molecule has 4 atom stereocenters. The highest BCUT2D eigenvalue weighted by molar-refractivity contribution is 6.02. The number of fused-ring (bicyclic) bond motifs is 1. The molecule has 1 unspecified atom stereocenters. The lowest BCUT2D eigenvalue weighted by atomic mass is 9.88. The molecule has 0 aromatic carbocycles. The average molecular weight is 277 g/mol. The van der Waals surface area contributed by atoms with Gasteiger partial charge in [-0.1, -0.05) is 6.08 Å². The fourth-order valence-electron chi connectivity index (χ4n) is 2.93. The predicted molar refractivity (Wildman–Crippen MR) is 69.4 cm³/mol. The molecule has 8 nitrogen and oxygen atoms in total. The van der Waals surface area contributed by atoms with Crippen molar-refractivity contribution >= 4 is 12.2 Å². The normalized spacial score (nSPS) is 39.2. The molecule has 0 aliphatic carbocycles. The number of nitrogens with two attached hydrogens (primary N) is 1. The Labute approximate surface area is 115 Å². The van der Waals surface area contributed by atoms with Gasteiger partial charge in [-0.3, -0.25) is 5.01 Å². The van der Waals surface area contributed by atoms with Gasteiger partial charge in [-0.25, -0.2) is 4.99 Å². The van der Waals surface area contributed by atoms with E-state index in [1.54, 1.807) is 5.01 Å². The second kappa shape index (κ2) is 4.56. The van der Waals surface area contributed by atoms with Gasteiger partial charge in [0.1, 0.15) is 24.6 Å². The Hall–Kier alpha value is -1.95. The third-order valence-corrected chi connectivity index (χ3v) is 3.93. The zero-order valence-corrected chi connectivity index (χ0v) is 10.7. The van der Waals surface area contributed by atoms with Crippen LogP contribution in [0.2, 0.25) is 0 Å². The third kappa shape index (κ3) is 1.64. The quantitative estimate of drug-likeness (QED) is 0.573. The van der Waals surface area contributed by atoms with Crippen molar-refractivity contribution in [3.63, 3.8) is 0 Å². The van der Waals surface area contributed by atoms with Crippen molar-refractivity contribution in [2.45, 2.75) is 36.7 Å². The molecular weight excluding hydrogens is 262 g/mol. The minimum Gasteiger partial charge on any atom is -0.394 e. The smallest absolute Gasteiger partial charge is 0.202 e. The summed E-state index contributed by atoms with van der Waals surface area (Å²) in [6.07, 6.45) is 2.27. The van der Waals surface area contributed by atoms with Crippen LogP contribution in [0.3, 0.4) is 0 Å². The van der Waals surface area contributed by atoms with Crippen molar-refractivity contribution in [1.82, 2.24) is 5.01 Å². The summed E-state index contributed by atoms with van der Waals surface area (Å²) in [4.78, 5) is 3.90. The van der Waals surface area contributed by atoms with Crippen LogP contribution < -0.4 is 5.73 Å². The van der Waals surface area contributed by atoms with Gasteiger partial charge >= 0.3 is 0 Å². The van der Waals surface area contributed by atoms with E-state index in [2.05, 4.69) is 16.2 Å². The van der Waals surface area contributed by atoms with E-state index in [1.165, 1.54) is 6.34 Å². The largest absolute Gasteiger partial charge is 0.394 e. The topological polar surface area (TPSA) is 127 Å². The Morgan fingerprint density at radius 2 is 2.45 bits per heavy atom. The van der Waals surface area contributed by atoms with Crippen LogP contribution >= 0.6 is 0 Å². The molecule has 0 bridgehead atoms. The highest BCUT2D eigenvalue weighted by Gasteiger charge is 2.57. The maximum Gasteiger partial charge on any atom is 0.202 e. The molecule has 4 N–H and O–H groups in total. The summed E-state index contributed by atoms with van der Waals surface area (Å²) >= 11 is 0. The van der Waals surface area contributed by atoms with Crippen molar-refractivity contribution < 1.29 is 14.9 Å². The third-order valence-electron chi connectivity index (χ3n) is 3.93. The fraction of sp³-hybridized carbons (Fsp3) is 0.583. The lowest BCUT2D eigenvalue weighted by molar-refractivity contribution is -0.0924. The summed E-state index contributed by atoms with van der Waals surface area (Å²) in [6.45, 7) is -0.236. The number of rotatable bonds is 2. The second-order valence-electron chi connectivity index (χ2n) is 5.01. The van der Waals surface area contributed by atoms with Crippen LogP contribution in [0.15, 0.2) is 21.9 Å². The van der Waals surface area contributed by atoms with Gasteiger partial charge in [0.25, 0.3) is 0 Å². The zero-order chi connectivity index (χ0) is 14.3. The van der Waals surface area contributed by atoms with E-state index in [4.69, 9.17) is 10.5 Å². The summed E-state index contributed by atoms with van der Waals surface area (Å²) < 4.78 is 5.64. The Bertz CT molecular complexity index is 552. The van der Waals surface area contributed by atoms with Gasteiger partial charge in [-0.05, 0) is 6.42 Å². The maximum absolute atomic E-state index is 10.2.